The Kier molecular flexibility index (Phi) is 10.7. The second-order valence-corrected chi connectivity index (χ2v) is 13.4. The smallest absolute Gasteiger partial charge is 0.303 e. The molecule has 3 aliphatic rings. The van der Waals surface area contributed by atoms with Gasteiger partial charge in [-0.05, 0) is 85.1 Å². The monoisotopic (exact) mass is 670 g/mol. The maximum absolute atomic E-state index is 12.5. The van der Waals surface area contributed by atoms with E-state index in [1.54, 1.807) is 25.2 Å². The minimum atomic E-state index is -1.73. The molecule has 1 aromatic heterocycles. The van der Waals surface area contributed by atoms with Gasteiger partial charge in [0.15, 0.2) is 5.72 Å². The molecule has 0 unspecified atom stereocenters. The number of amides is 2. The van der Waals surface area contributed by atoms with Crippen molar-refractivity contribution in [3.8, 4) is 0 Å². The standard InChI is InChI=1S/C33H42N4O7S2/c1-15-20(6-8-28(38)39)25(34-23(15)12-24-16(2)21(10-11-45)32(43)35-24)13-26-22(7-9-29(40)41)18(4)33(44,37-26)14-27-30(19(5)46)17(3)31(42)36-27/h10-11,13-14,17,19,24,30,34,37,44-46H,6-9,12H2,1-5H3,(H,35,43)(H,36,42)(H,38,39)(H,40,41)/b11-10+,26-13-,27-14-/t17-,19+,24-,30+,33+/m1/s1. The zero-order valence-corrected chi connectivity index (χ0v) is 28.3. The molecule has 0 radical (unpaired) electrons. The van der Waals surface area contributed by atoms with Gasteiger partial charge in [-0.2, -0.15) is 25.3 Å². The number of aliphatic carboxylic acids is 2. The van der Waals surface area contributed by atoms with Gasteiger partial charge in [0.2, 0.25) is 5.91 Å². The summed E-state index contributed by atoms with van der Waals surface area (Å²) in [4.78, 5) is 51.7. The lowest BCUT2D eigenvalue weighted by Gasteiger charge is -2.26. The molecule has 0 aliphatic carbocycles. The first kappa shape index (κ1) is 35.2. The zero-order valence-electron chi connectivity index (χ0n) is 26.5. The number of aliphatic hydroxyl groups is 1. The third kappa shape index (κ3) is 7.16. The van der Waals surface area contributed by atoms with Crippen molar-refractivity contribution < 1.29 is 34.5 Å². The lowest BCUT2D eigenvalue weighted by atomic mass is 9.89. The molecular formula is C33H42N4O7S2. The number of rotatable bonds is 12. The Bertz CT molecular complexity index is 1620. The normalized spacial score (nSPS) is 27.3. The quantitative estimate of drug-likeness (QED) is 0.152. The van der Waals surface area contributed by atoms with E-state index in [4.69, 9.17) is 0 Å². The molecule has 0 spiro atoms. The summed E-state index contributed by atoms with van der Waals surface area (Å²) in [6.45, 7) is 9.18. The molecule has 1 saturated heterocycles. The van der Waals surface area contributed by atoms with Crippen LogP contribution in [0.3, 0.4) is 0 Å². The average Bonchev–Trinajstić information content (AvgIpc) is 3.58. The van der Waals surface area contributed by atoms with Crippen LogP contribution in [0.25, 0.3) is 6.08 Å². The van der Waals surface area contributed by atoms with E-state index >= 15 is 0 Å². The third-order valence-corrected chi connectivity index (χ3v) is 9.74. The number of thiol groups is 2. The van der Waals surface area contributed by atoms with Crippen LogP contribution in [0.1, 0.15) is 69.5 Å². The predicted octanol–water partition coefficient (Wildman–Crippen LogP) is 3.54. The molecule has 0 saturated carbocycles. The summed E-state index contributed by atoms with van der Waals surface area (Å²) in [6.07, 6.45) is 5.46. The molecule has 4 heterocycles. The summed E-state index contributed by atoms with van der Waals surface area (Å²) < 4.78 is 0. The van der Waals surface area contributed by atoms with Crippen molar-refractivity contribution in [1.82, 2.24) is 20.9 Å². The first-order valence-corrected chi connectivity index (χ1v) is 16.2. The number of hydrogen-bond acceptors (Lipinski definition) is 8. The van der Waals surface area contributed by atoms with Crippen LogP contribution < -0.4 is 16.0 Å². The van der Waals surface area contributed by atoms with Gasteiger partial charge in [0, 0.05) is 64.7 Å². The highest BCUT2D eigenvalue weighted by molar-refractivity contribution is 7.83. The molecule has 4 rings (SSSR count). The highest BCUT2D eigenvalue weighted by Gasteiger charge is 2.43. The van der Waals surface area contributed by atoms with Crippen LogP contribution in [0.15, 0.2) is 51.2 Å². The van der Waals surface area contributed by atoms with Crippen LogP contribution in [0.2, 0.25) is 0 Å². The first-order valence-electron chi connectivity index (χ1n) is 15.2. The van der Waals surface area contributed by atoms with E-state index < -0.39 is 17.7 Å². The van der Waals surface area contributed by atoms with Crippen molar-refractivity contribution in [1.29, 1.82) is 0 Å². The van der Waals surface area contributed by atoms with Gasteiger partial charge in [-0.15, -0.1) is 0 Å². The Labute approximate surface area is 279 Å². The van der Waals surface area contributed by atoms with E-state index in [1.807, 2.05) is 27.7 Å². The Balaban J connectivity index is 1.78. The van der Waals surface area contributed by atoms with E-state index in [-0.39, 0.29) is 60.6 Å². The summed E-state index contributed by atoms with van der Waals surface area (Å²) in [5.41, 5.74) is 4.80. The molecule has 1 aromatic rings. The molecule has 3 aliphatic heterocycles. The number of carbonyl (C=O) groups is 4. The second-order valence-electron chi connectivity index (χ2n) is 12.2. The molecule has 13 heteroatoms. The van der Waals surface area contributed by atoms with Crippen LogP contribution in [-0.4, -0.2) is 61.1 Å². The first-order chi connectivity index (χ1) is 21.6. The zero-order chi connectivity index (χ0) is 34.1. The van der Waals surface area contributed by atoms with Crippen LogP contribution in [0.5, 0.6) is 0 Å². The maximum Gasteiger partial charge on any atom is 0.303 e. The van der Waals surface area contributed by atoms with Crippen LogP contribution in [0.4, 0.5) is 0 Å². The fourth-order valence-corrected chi connectivity index (χ4v) is 7.15. The molecule has 0 aromatic carbocycles. The van der Waals surface area contributed by atoms with Gasteiger partial charge >= 0.3 is 11.9 Å². The van der Waals surface area contributed by atoms with Crippen molar-refractivity contribution in [2.45, 2.75) is 83.7 Å². The maximum atomic E-state index is 12.5. The largest absolute Gasteiger partial charge is 0.481 e. The number of allylic oxidation sites excluding steroid dienone is 2. The Morgan fingerprint density at radius 1 is 1.09 bits per heavy atom. The summed E-state index contributed by atoms with van der Waals surface area (Å²) in [6, 6.07) is -0.280. The van der Waals surface area contributed by atoms with Gasteiger partial charge in [-0.3, -0.25) is 19.2 Å². The van der Waals surface area contributed by atoms with Crippen molar-refractivity contribution in [2.24, 2.45) is 11.8 Å². The molecule has 11 nitrogen and oxygen atoms in total. The number of carboxylic acids is 2. The molecule has 1 fully saturated rings. The molecular weight excluding hydrogens is 629 g/mol. The SMILES string of the molecule is CC1=C(/C=C/S)C(=O)N[C@@H]1Cc1[nH]c(/C=C2\N[C@](O)(/C=C3\NC(=O)[C@H](C)[C@H]3[C@H](C)S)C(C)=C2CCC(=O)O)c(CCC(=O)O)c1C. The Hall–Kier alpha value is -3.68. The van der Waals surface area contributed by atoms with Crippen molar-refractivity contribution in [3.63, 3.8) is 0 Å². The number of aromatic amines is 1. The highest BCUT2D eigenvalue weighted by Crippen LogP contribution is 2.40. The number of nitrogens with one attached hydrogen (secondary N) is 4. The second kappa shape index (κ2) is 14.0. The lowest BCUT2D eigenvalue weighted by Crippen LogP contribution is -2.40. The molecule has 7 N–H and O–H groups in total. The minimum Gasteiger partial charge on any atom is -0.481 e. The fourth-order valence-electron chi connectivity index (χ4n) is 6.58. The fraction of sp³-hybridized carbons (Fsp3) is 0.455. The van der Waals surface area contributed by atoms with Gasteiger partial charge < -0.3 is 36.3 Å². The Morgan fingerprint density at radius 3 is 2.35 bits per heavy atom. The molecule has 248 valence electrons. The van der Waals surface area contributed by atoms with Crippen molar-refractivity contribution in [3.05, 3.63) is 73.8 Å². The van der Waals surface area contributed by atoms with Gasteiger partial charge in [-0.1, -0.05) is 13.8 Å². The van der Waals surface area contributed by atoms with E-state index in [9.17, 15) is 34.5 Å². The highest BCUT2D eigenvalue weighted by atomic mass is 32.1. The summed E-state index contributed by atoms with van der Waals surface area (Å²) in [5.74, 6) is -2.93. The van der Waals surface area contributed by atoms with Crippen LogP contribution in [0, 0.1) is 18.8 Å². The third-order valence-electron chi connectivity index (χ3n) is 9.27. The number of carbonyl (C=O) groups excluding carboxylic acids is 2. The van der Waals surface area contributed by atoms with Crippen molar-refractivity contribution in [2.75, 3.05) is 0 Å². The van der Waals surface area contributed by atoms with E-state index in [0.29, 0.717) is 40.2 Å². The Morgan fingerprint density at radius 2 is 1.74 bits per heavy atom. The van der Waals surface area contributed by atoms with E-state index in [0.717, 1.165) is 22.4 Å². The van der Waals surface area contributed by atoms with Gasteiger partial charge in [0.05, 0.1) is 6.04 Å². The molecule has 46 heavy (non-hydrogen) atoms. The predicted molar refractivity (Wildman–Crippen MR) is 181 cm³/mol. The van der Waals surface area contributed by atoms with Crippen molar-refractivity contribution >= 4 is 55.1 Å². The average molecular weight is 671 g/mol. The number of carboxylic acid groups (broad SMARTS) is 2. The number of hydrogen-bond donors (Lipinski definition) is 9. The van der Waals surface area contributed by atoms with Crippen LogP contribution in [-0.2, 0) is 32.0 Å². The molecule has 2 amide bonds. The van der Waals surface area contributed by atoms with Gasteiger partial charge in [0.1, 0.15) is 0 Å². The number of aromatic nitrogens is 1. The minimum absolute atomic E-state index is 0.115. The van der Waals surface area contributed by atoms with Crippen LogP contribution >= 0.6 is 25.3 Å². The summed E-state index contributed by atoms with van der Waals surface area (Å²) in [5, 5.41) is 41.3. The summed E-state index contributed by atoms with van der Waals surface area (Å²) >= 11 is 8.68. The van der Waals surface area contributed by atoms with Gasteiger partial charge in [-0.25, -0.2) is 0 Å². The van der Waals surface area contributed by atoms with E-state index in [2.05, 4.69) is 46.2 Å². The molecule has 5 atom stereocenters. The number of H-pyrrole nitrogens is 1. The summed E-state index contributed by atoms with van der Waals surface area (Å²) in [7, 11) is 0. The topological polar surface area (TPSA) is 181 Å². The van der Waals surface area contributed by atoms with E-state index in [1.165, 1.54) is 5.41 Å². The lowest BCUT2D eigenvalue weighted by molar-refractivity contribution is -0.138. The molecule has 0 bridgehead atoms. The van der Waals surface area contributed by atoms with Gasteiger partial charge in [0.25, 0.3) is 5.91 Å².